The van der Waals surface area contributed by atoms with Crippen molar-refractivity contribution in [3.8, 4) is 17.6 Å². The van der Waals surface area contributed by atoms with Crippen LogP contribution in [0.15, 0.2) is 36.7 Å². The van der Waals surface area contributed by atoms with E-state index in [0.29, 0.717) is 34.8 Å². The normalized spacial score (nSPS) is 14.2. The quantitative estimate of drug-likeness (QED) is 0.516. The summed E-state index contributed by atoms with van der Waals surface area (Å²) >= 11 is 0. The summed E-state index contributed by atoms with van der Waals surface area (Å²) in [6.45, 7) is 3.96. The zero-order chi connectivity index (χ0) is 22.3. The molecule has 4 rings (SSSR count). The molecule has 32 heavy (non-hydrogen) atoms. The summed E-state index contributed by atoms with van der Waals surface area (Å²) in [5.41, 5.74) is 1.13. The van der Waals surface area contributed by atoms with Crippen LogP contribution >= 0.6 is 0 Å². The Kier molecular flexibility index (Phi) is 6.97. The van der Waals surface area contributed by atoms with Gasteiger partial charge in [0.15, 0.2) is 11.5 Å². The third-order valence-electron chi connectivity index (χ3n) is 5.60. The summed E-state index contributed by atoms with van der Waals surface area (Å²) in [4.78, 5) is 11.1. The van der Waals surface area contributed by atoms with Crippen molar-refractivity contribution in [1.82, 2.24) is 14.9 Å². The van der Waals surface area contributed by atoms with Crippen molar-refractivity contribution in [2.24, 2.45) is 0 Å². The van der Waals surface area contributed by atoms with Crippen LogP contribution in [0.5, 0.6) is 11.5 Å². The van der Waals surface area contributed by atoms with Gasteiger partial charge in [-0.2, -0.15) is 5.26 Å². The molecule has 1 saturated heterocycles. The number of benzene rings is 2. The van der Waals surface area contributed by atoms with Crippen LogP contribution in [0.1, 0.15) is 31.2 Å². The maximum Gasteiger partial charge on any atom is 0.163 e. The number of piperidine rings is 1. The number of anilines is 2. The molecule has 0 amide bonds. The molecule has 0 aliphatic carbocycles. The zero-order valence-electron chi connectivity index (χ0n) is 18.1. The Hall–Kier alpha value is -3.44. The van der Waals surface area contributed by atoms with Crippen LogP contribution in [0.2, 0.25) is 0 Å². The number of nitrogens with zero attached hydrogens (tertiary/aromatic N) is 4. The Balaban J connectivity index is 1.50. The van der Waals surface area contributed by atoms with E-state index in [1.165, 1.54) is 50.8 Å². The number of ether oxygens (including phenoxy) is 2. The van der Waals surface area contributed by atoms with Crippen molar-refractivity contribution in [2.45, 2.75) is 25.7 Å². The lowest BCUT2D eigenvalue weighted by Crippen LogP contribution is -2.31. The van der Waals surface area contributed by atoms with Gasteiger partial charge in [-0.15, -0.1) is 0 Å². The summed E-state index contributed by atoms with van der Waals surface area (Å²) in [7, 11) is 1.58. The first kappa shape index (κ1) is 21.8. The second-order valence-electron chi connectivity index (χ2n) is 7.78. The first-order valence-electron chi connectivity index (χ1n) is 10.8. The first-order valence-corrected chi connectivity index (χ1v) is 10.8. The van der Waals surface area contributed by atoms with E-state index >= 15 is 0 Å². The molecule has 1 N–H and O–H groups in total. The van der Waals surface area contributed by atoms with Crippen LogP contribution in [-0.2, 0) is 0 Å². The van der Waals surface area contributed by atoms with Gasteiger partial charge in [0, 0.05) is 18.0 Å². The van der Waals surface area contributed by atoms with Gasteiger partial charge >= 0.3 is 0 Å². The van der Waals surface area contributed by atoms with Gasteiger partial charge in [-0.1, -0.05) is 6.42 Å². The third kappa shape index (κ3) is 5.06. The average Bonchev–Trinajstić information content (AvgIpc) is 2.83. The zero-order valence-corrected chi connectivity index (χ0v) is 18.1. The smallest absolute Gasteiger partial charge is 0.163 e. The largest absolute Gasteiger partial charge is 0.493 e. The van der Waals surface area contributed by atoms with Crippen molar-refractivity contribution in [1.29, 1.82) is 5.26 Å². The molecule has 3 aromatic rings. The van der Waals surface area contributed by atoms with Gasteiger partial charge in [0.2, 0.25) is 0 Å². The van der Waals surface area contributed by atoms with Crippen LogP contribution < -0.4 is 14.8 Å². The summed E-state index contributed by atoms with van der Waals surface area (Å²) in [5, 5.41) is 12.6. The molecule has 1 fully saturated rings. The van der Waals surface area contributed by atoms with Crippen LogP contribution in [0.4, 0.5) is 15.9 Å². The van der Waals surface area contributed by atoms with Gasteiger partial charge in [0.1, 0.15) is 18.0 Å². The number of rotatable bonds is 8. The molecule has 0 bridgehead atoms. The van der Waals surface area contributed by atoms with Crippen LogP contribution in [0.3, 0.4) is 0 Å². The van der Waals surface area contributed by atoms with Crippen molar-refractivity contribution >= 4 is 22.4 Å². The van der Waals surface area contributed by atoms with E-state index in [0.717, 1.165) is 13.0 Å². The molecule has 1 aliphatic rings. The second-order valence-corrected chi connectivity index (χ2v) is 7.78. The van der Waals surface area contributed by atoms with Crippen molar-refractivity contribution in [2.75, 3.05) is 38.7 Å². The molecular formula is C24H26FN5O2. The molecule has 2 aromatic carbocycles. The molecule has 0 spiro atoms. The third-order valence-corrected chi connectivity index (χ3v) is 5.60. The lowest BCUT2D eigenvalue weighted by molar-refractivity contribution is 0.203. The Bertz CT molecular complexity index is 1130. The van der Waals surface area contributed by atoms with Gasteiger partial charge in [-0.25, -0.2) is 14.4 Å². The van der Waals surface area contributed by atoms with Crippen molar-refractivity contribution < 1.29 is 13.9 Å². The highest BCUT2D eigenvalue weighted by Crippen LogP contribution is 2.35. The van der Waals surface area contributed by atoms with E-state index in [4.69, 9.17) is 14.7 Å². The van der Waals surface area contributed by atoms with Crippen molar-refractivity contribution in [3.05, 3.63) is 48.0 Å². The molecule has 7 nitrogen and oxygen atoms in total. The van der Waals surface area contributed by atoms with E-state index < -0.39 is 5.82 Å². The predicted octanol–water partition coefficient (Wildman–Crippen LogP) is 4.65. The second kappa shape index (κ2) is 10.2. The number of hydrogen-bond acceptors (Lipinski definition) is 7. The predicted molar refractivity (Wildman–Crippen MR) is 121 cm³/mol. The van der Waals surface area contributed by atoms with Crippen LogP contribution in [0, 0.1) is 17.1 Å². The minimum Gasteiger partial charge on any atom is -0.493 e. The number of hydrogen-bond donors (Lipinski definition) is 1. The summed E-state index contributed by atoms with van der Waals surface area (Å²) < 4.78 is 25.9. The standard InChI is InChI=1S/C24H26FN5O2/c1-31-22-13-18-21(14-23(22)32-11-5-10-30-8-3-2-4-9-30)27-16-28-24(18)29-20-7-6-17(15-26)12-19(20)25/h6-7,12-14,16H,2-5,8-11H2,1H3,(H,27,28,29). The molecular weight excluding hydrogens is 409 g/mol. The molecule has 0 saturated carbocycles. The van der Waals surface area contributed by atoms with E-state index in [1.54, 1.807) is 19.2 Å². The van der Waals surface area contributed by atoms with Crippen molar-refractivity contribution in [3.63, 3.8) is 0 Å². The number of fused-ring (bicyclic) bond motifs is 1. The number of halogens is 1. The molecule has 0 unspecified atom stereocenters. The molecule has 2 heterocycles. The Labute approximate surface area is 186 Å². The van der Waals surface area contributed by atoms with E-state index in [1.807, 2.05) is 12.1 Å². The Morgan fingerprint density at radius 1 is 1.12 bits per heavy atom. The molecule has 0 radical (unpaired) electrons. The van der Waals surface area contributed by atoms with Crippen LogP contribution in [0.25, 0.3) is 10.9 Å². The van der Waals surface area contributed by atoms with Gasteiger partial charge < -0.3 is 19.7 Å². The number of likely N-dealkylation sites (tertiary alicyclic amines) is 1. The number of nitrogens with one attached hydrogen (secondary N) is 1. The van der Waals surface area contributed by atoms with E-state index in [9.17, 15) is 4.39 Å². The lowest BCUT2D eigenvalue weighted by atomic mass is 10.1. The lowest BCUT2D eigenvalue weighted by Gasteiger charge is -2.26. The SMILES string of the molecule is COc1cc2c(Nc3ccc(C#N)cc3F)ncnc2cc1OCCCN1CCCCC1. The monoisotopic (exact) mass is 435 g/mol. The molecule has 166 valence electrons. The maximum absolute atomic E-state index is 14.3. The Morgan fingerprint density at radius 3 is 2.72 bits per heavy atom. The van der Waals surface area contributed by atoms with Gasteiger partial charge in [-0.05, 0) is 56.6 Å². The summed E-state index contributed by atoms with van der Waals surface area (Å²) in [6, 6.07) is 9.77. The van der Waals surface area contributed by atoms with Gasteiger partial charge in [0.25, 0.3) is 0 Å². The van der Waals surface area contributed by atoms with E-state index in [2.05, 4.69) is 20.2 Å². The highest BCUT2D eigenvalue weighted by Gasteiger charge is 2.14. The highest BCUT2D eigenvalue weighted by atomic mass is 19.1. The minimum atomic E-state index is -0.531. The fourth-order valence-corrected chi connectivity index (χ4v) is 3.90. The summed E-state index contributed by atoms with van der Waals surface area (Å²) in [5.74, 6) is 1.09. The Morgan fingerprint density at radius 2 is 1.97 bits per heavy atom. The molecule has 8 heteroatoms. The van der Waals surface area contributed by atoms with Gasteiger partial charge in [0.05, 0.1) is 36.6 Å². The topological polar surface area (TPSA) is 83.3 Å². The summed E-state index contributed by atoms with van der Waals surface area (Å²) in [6.07, 6.45) is 6.25. The number of methoxy groups -OCH3 is 1. The molecule has 0 atom stereocenters. The minimum absolute atomic E-state index is 0.223. The fourth-order valence-electron chi connectivity index (χ4n) is 3.90. The molecule has 1 aliphatic heterocycles. The maximum atomic E-state index is 14.3. The highest BCUT2D eigenvalue weighted by molar-refractivity contribution is 5.93. The first-order chi connectivity index (χ1) is 15.7. The number of aromatic nitrogens is 2. The van der Waals surface area contributed by atoms with E-state index in [-0.39, 0.29) is 11.3 Å². The van der Waals surface area contributed by atoms with Crippen LogP contribution in [-0.4, -0.2) is 48.2 Å². The number of nitriles is 1. The molecule has 1 aromatic heterocycles. The fraction of sp³-hybridized carbons (Fsp3) is 0.375. The van der Waals surface area contributed by atoms with Gasteiger partial charge in [-0.3, -0.25) is 0 Å². The average molecular weight is 436 g/mol.